The van der Waals surface area contributed by atoms with E-state index in [4.69, 9.17) is 0 Å². The van der Waals surface area contributed by atoms with Gasteiger partial charge in [0.2, 0.25) is 0 Å². The van der Waals surface area contributed by atoms with Crippen LogP contribution in [0.1, 0.15) is 45.3 Å². The first kappa shape index (κ1) is 13.1. The second-order valence-corrected chi connectivity index (χ2v) is 4.59. The fraction of sp³-hybridized carbons (Fsp3) is 0.615. The second kappa shape index (κ2) is 5.97. The van der Waals surface area contributed by atoms with E-state index in [1.165, 1.54) is 0 Å². The lowest BCUT2D eigenvalue weighted by Gasteiger charge is -2.32. The zero-order chi connectivity index (χ0) is 12.0. The first-order chi connectivity index (χ1) is 7.61. The molecule has 0 spiro atoms. The summed E-state index contributed by atoms with van der Waals surface area (Å²) in [6.45, 7) is 6.40. The van der Waals surface area contributed by atoms with Crippen molar-refractivity contribution in [3.05, 3.63) is 30.1 Å². The molecule has 0 radical (unpaired) electrons. The van der Waals surface area contributed by atoms with Crippen molar-refractivity contribution in [2.75, 3.05) is 6.61 Å². The standard InChI is InChI=1S/C13H22N2O/c1-4-8-13(3,10-16)15-11(2)12-7-5-6-9-14-12/h5-7,9,11,15-16H,4,8,10H2,1-3H3. The van der Waals surface area contributed by atoms with Gasteiger partial charge in [-0.15, -0.1) is 0 Å². The van der Waals surface area contributed by atoms with E-state index in [2.05, 4.69) is 31.1 Å². The Bertz CT molecular complexity index is 302. The molecular formula is C13H22N2O. The van der Waals surface area contributed by atoms with Crippen molar-refractivity contribution in [2.24, 2.45) is 0 Å². The van der Waals surface area contributed by atoms with Crippen LogP contribution in [0.25, 0.3) is 0 Å². The number of hydrogen-bond acceptors (Lipinski definition) is 3. The van der Waals surface area contributed by atoms with E-state index in [1.54, 1.807) is 6.20 Å². The molecule has 2 atom stereocenters. The van der Waals surface area contributed by atoms with Crippen LogP contribution in [0.3, 0.4) is 0 Å². The molecular weight excluding hydrogens is 200 g/mol. The van der Waals surface area contributed by atoms with Crippen molar-refractivity contribution in [2.45, 2.75) is 45.2 Å². The average Bonchev–Trinajstić information content (AvgIpc) is 2.30. The van der Waals surface area contributed by atoms with E-state index in [0.717, 1.165) is 18.5 Å². The summed E-state index contributed by atoms with van der Waals surface area (Å²) in [5.74, 6) is 0. The predicted octanol–water partition coefficient (Wildman–Crippen LogP) is 2.28. The monoisotopic (exact) mass is 222 g/mol. The van der Waals surface area contributed by atoms with Crippen molar-refractivity contribution in [1.82, 2.24) is 10.3 Å². The van der Waals surface area contributed by atoms with Crippen molar-refractivity contribution in [3.63, 3.8) is 0 Å². The summed E-state index contributed by atoms with van der Waals surface area (Å²) in [6, 6.07) is 6.05. The molecule has 0 aliphatic carbocycles. The topological polar surface area (TPSA) is 45.1 Å². The molecule has 1 aromatic rings. The van der Waals surface area contributed by atoms with E-state index < -0.39 is 0 Å². The Morgan fingerprint density at radius 2 is 2.25 bits per heavy atom. The van der Waals surface area contributed by atoms with Gasteiger partial charge >= 0.3 is 0 Å². The molecule has 0 saturated carbocycles. The summed E-state index contributed by atoms with van der Waals surface area (Å²) < 4.78 is 0. The fourth-order valence-electron chi connectivity index (χ4n) is 1.98. The molecule has 1 heterocycles. The second-order valence-electron chi connectivity index (χ2n) is 4.59. The lowest BCUT2D eigenvalue weighted by molar-refractivity contribution is 0.153. The average molecular weight is 222 g/mol. The summed E-state index contributed by atoms with van der Waals surface area (Å²) >= 11 is 0. The number of nitrogens with zero attached hydrogens (tertiary/aromatic N) is 1. The summed E-state index contributed by atoms with van der Waals surface area (Å²) in [7, 11) is 0. The maximum absolute atomic E-state index is 9.43. The van der Waals surface area contributed by atoms with E-state index in [0.29, 0.717) is 0 Å². The molecule has 2 N–H and O–H groups in total. The first-order valence-electron chi connectivity index (χ1n) is 5.91. The number of aliphatic hydroxyl groups excluding tert-OH is 1. The van der Waals surface area contributed by atoms with Crippen molar-refractivity contribution < 1.29 is 5.11 Å². The van der Waals surface area contributed by atoms with Crippen LogP contribution in [0.4, 0.5) is 0 Å². The van der Waals surface area contributed by atoms with E-state index in [-0.39, 0.29) is 18.2 Å². The summed E-state index contributed by atoms with van der Waals surface area (Å²) in [6.07, 6.45) is 3.81. The van der Waals surface area contributed by atoms with E-state index in [9.17, 15) is 5.11 Å². The largest absolute Gasteiger partial charge is 0.394 e. The van der Waals surface area contributed by atoms with Gasteiger partial charge in [0.05, 0.1) is 12.3 Å². The predicted molar refractivity (Wildman–Crippen MR) is 66.2 cm³/mol. The minimum absolute atomic E-state index is 0.151. The fourth-order valence-corrected chi connectivity index (χ4v) is 1.98. The van der Waals surface area contributed by atoms with E-state index in [1.807, 2.05) is 18.2 Å². The molecule has 0 amide bonds. The highest BCUT2D eigenvalue weighted by atomic mass is 16.3. The summed E-state index contributed by atoms with van der Waals surface area (Å²) in [4.78, 5) is 4.31. The quantitative estimate of drug-likeness (QED) is 0.776. The number of hydrogen-bond donors (Lipinski definition) is 2. The van der Waals surface area contributed by atoms with Gasteiger partial charge in [0.25, 0.3) is 0 Å². The van der Waals surface area contributed by atoms with Gasteiger partial charge in [0.15, 0.2) is 0 Å². The van der Waals surface area contributed by atoms with Gasteiger partial charge in [0.1, 0.15) is 0 Å². The third kappa shape index (κ3) is 3.58. The van der Waals surface area contributed by atoms with Crippen molar-refractivity contribution in [1.29, 1.82) is 0 Å². The van der Waals surface area contributed by atoms with Gasteiger partial charge in [-0.25, -0.2) is 0 Å². The molecule has 0 fully saturated rings. The molecule has 0 aliphatic rings. The van der Waals surface area contributed by atoms with Crippen LogP contribution in [0.2, 0.25) is 0 Å². The van der Waals surface area contributed by atoms with Gasteiger partial charge in [0, 0.05) is 17.8 Å². The molecule has 1 aromatic heterocycles. The van der Waals surface area contributed by atoms with Gasteiger partial charge in [-0.1, -0.05) is 19.4 Å². The molecule has 2 unspecified atom stereocenters. The SMILES string of the molecule is CCCC(C)(CO)NC(C)c1ccccn1. The smallest absolute Gasteiger partial charge is 0.0610 e. The van der Waals surface area contributed by atoms with Crippen molar-refractivity contribution >= 4 is 0 Å². The molecule has 3 heteroatoms. The van der Waals surface area contributed by atoms with Crippen LogP contribution in [-0.4, -0.2) is 22.2 Å². The maximum atomic E-state index is 9.43. The molecule has 0 aromatic carbocycles. The molecule has 0 saturated heterocycles. The summed E-state index contributed by atoms with van der Waals surface area (Å²) in [5, 5.41) is 12.9. The minimum atomic E-state index is -0.217. The van der Waals surface area contributed by atoms with Crippen molar-refractivity contribution in [3.8, 4) is 0 Å². The third-order valence-electron chi connectivity index (χ3n) is 2.85. The molecule has 16 heavy (non-hydrogen) atoms. The number of pyridine rings is 1. The highest BCUT2D eigenvalue weighted by molar-refractivity contribution is 5.08. The Morgan fingerprint density at radius 1 is 1.50 bits per heavy atom. The lowest BCUT2D eigenvalue weighted by Crippen LogP contribution is -2.46. The zero-order valence-electron chi connectivity index (χ0n) is 10.4. The highest BCUT2D eigenvalue weighted by Crippen LogP contribution is 2.18. The van der Waals surface area contributed by atoms with Gasteiger partial charge in [-0.3, -0.25) is 4.98 Å². The lowest BCUT2D eigenvalue weighted by atomic mass is 9.95. The van der Waals surface area contributed by atoms with Gasteiger partial charge in [-0.2, -0.15) is 0 Å². The Morgan fingerprint density at radius 3 is 2.75 bits per heavy atom. The van der Waals surface area contributed by atoms with Crippen LogP contribution in [-0.2, 0) is 0 Å². The Hall–Kier alpha value is -0.930. The highest BCUT2D eigenvalue weighted by Gasteiger charge is 2.24. The minimum Gasteiger partial charge on any atom is -0.394 e. The Balaban J connectivity index is 2.65. The van der Waals surface area contributed by atoms with Gasteiger partial charge < -0.3 is 10.4 Å². The molecule has 1 rings (SSSR count). The molecule has 0 aliphatic heterocycles. The zero-order valence-corrected chi connectivity index (χ0v) is 10.4. The number of aliphatic hydroxyl groups is 1. The third-order valence-corrected chi connectivity index (χ3v) is 2.85. The van der Waals surface area contributed by atoms with Crippen LogP contribution in [0.15, 0.2) is 24.4 Å². The number of aromatic nitrogens is 1. The number of rotatable bonds is 6. The van der Waals surface area contributed by atoms with E-state index >= 15 is 0 Å². The maximum Gasteiger partial charge on any atom is 0.0610 e. The molecule has 3 nitrogen and oxygen atoms in total. The number of nitrogens with one attached hydrogen (secondary N) is 1. The van der Waals surface area contributed by atoms with Crippen LogP contribution in [0, 0.1) is 0 Å². The Labute approximate surface area is 97.9 Å². The molecule has 0 bridgehead atoms. The molecule has 90 valence electrons. The Kier molecular flexibility index (Phi) is 4.90. The first-order valence-corrected chi connectivity index (χ1v) is 5.91. The normalized spacial score (nSPS) is 16.8. The van der Waals surface area contributed by atoms with Crippen LogP contribution in [0.5, 0.6) is 0 Å². The van der Waals surface area contributed by atoms with Crippen LogP contribution >= 0.6 is 0 Å². The van der Waals surface area contributed by atoms with Gasteiger partial charge in [-0.05, 0) is 32.4 Å². The van der Waals surface area contributed by atoms with Crippen LogP contribution < -0.4 is 5.32 Å². The summed E-state index contributed by atoms with van der Waals surface area (Å²) in [5.41, 5.74) is 0.796.